The summed E-state index contributed by atoms with van der Waals surface area (Å²) >= 11 is 0.922. The number of thioether (sulfide) groups is 1. The molecule has 134 valence electrons. The second kappa shape index (κ2) is 7.66. The molecule has 2 amide bonds. The average molecular weight is 369 g/mol. The minimum atomic E-state index is -0.331. The van der Waals surface area contributed by atoms with Crippen LogP contribution in [0.1, 0.15) is 18.1 Å². The molecule has 0 aromatic heterocycles. The predicted octanol–water partition coefficient (Wildman–Crippen LogP) is 4.51. The molecule has 1 heterocycles. The number of amides is 2. The summed E-state index contributed by atoms with van der Waals surface area (Å²) in [6.45, 7) is 2.06. The summed E-state index contributed by atoms with van der Waals surface area (Å²) in [4.78, 5) is 26.7. The van der Waals surface area contributed by atoms with Crippen LogP contribution in [0.4, 0.5) is 10.5 Å². The van der Waals surface area contributed by atoms with E-state index in [0.29, 0.717) is 27.7 Å². The summed E-state index contributed by atoms with van der Waals surface area (Å²) in [5.41, 5.74) is 2.44. The van der Waals surface area contributed by atoms with E-state index in [1.165, 1.54) is 4.90 Å². The molecule has 26 heavy (non-hydrogen) atoms. The van der Waals surface area contributed by atoms with Crippen molar-refractivity contribution in [3.8, 4) is 11.5 Å². The Morgan fingerprint density at radius 3 is 2.38 bits per heavy atom. The lowest BCUT2D eigenvalue weighted by Crippen LogP contribution is -2.27. The Morgan fingerprint density at radius 1 is 1.04 bits per heavy atom. The first-order valence-electron chi connectivity index (χ1n) is 8.16. The highest BCUT2D eigenvalue weighted by atomic mass is 32.2. The monoisotopic (exact) mass is 369 g/mol. The highest BCUT2D eigenvalue weighted by molar-refractivity contribution is 8.19. The third-order valence-corrected chi connectivity index (χ3v) is 4.99. The van der Waals surface area contributed by atoms with Crippen LogP contribution in [-0.4, -0.2) is 25.4 Å². The van der Waals surface area contributed by atoms with E-state index in [1.54, 1.807) is 50.6 Å². The van der Waals surface area contributed by atoms with Gasteiger partial charge in [0.2, 0.25) is 0 Å². The van der Waals surface area contributed by atoms with Crippen molar-refractivity contribution in [3.63, 3.8) is 0 Å². The molecule has 1 saturated heterocycles. The van der Waals surface area contributed by atoms with Gasteiger partial charge in [-0.25, -0.2) is 4.90 Å². The summed E-state index contributed by atoms with van der Waals surface area (Å²) in [6.07, 6.45) is 2.57. The molecule has 5 nitrogen and oxygen atoms in total. The molecule has 0 aliphatic carbocycles. The van der Waals surface area contributed by atoms with E-state index in [9.17, 15) is 9.59 Å². The third-order valence-electron chi connectivity index (χ3n) is 4.12. The van der Waals surface area contributed by atoms with E-state index < -0.39 is 0 Å². The zero-order chi connectivity index (χ0) is 18.7. The van der Waals surface area contributed by atoms with Crippen molar-refractivity contribution in [3.05, 3.63) is 58.5 Å². The van der Waals surface area contributed by atoms with Crippen LogP contribution < -0.4 is 14.4 Å². The van der Waals surface area contributed by atoms with Gasteiger partial charge in [0.05, 0.1) is 24.8 Å². The molecule has 3 rings (SSSR count). The second-order valence-corrected chi connectivity index (χ2v) is 6.64. The average Bonchev–Trinajstić information content (AvgIpc) is 2.95. The fraction of sp³-hybridized carbons (Fsp3) is 0.200. The van der Waals surface area contributed by atoms with Gasteiger partial charge in [-0.05, 0) is 54.1 Å². The number of aryl methyl sites for hydroxylation is 1. The molecule has 0 saturated carbocycles. The number of carbonyl (C=O) groups excluding carboxylic acids is 2. The topological polar surface area (TPSA) is 55.8 Å². The minimum absolute atomic E-state index is 0.307. The lowest BCUT2D eigenvalue weighted by Gasteiger charge is -2.13. The molecule has 0 bridgehead atoms. The van der Waals surface area contributed by atoms with Gasteiger partial charge in [0.1, 0.15) is 11.5 Å². The maximum absolute atomic E-state index is 12.7. The summed E-state index contributed by atoms with van der Waals surface area (Å²) in [6, 6.07) is 12.8. The van der Waals surface area contributed by atoms with Gasteiger partial charge in [-0.15, -0.1) is 0 Å². The number of ether oxygens (including phenoxy) is 2. The fourth-order valence-corrected chi connectivity index (χ4v) is 3.48. The Hall–Kier alpha value is -2.73. The summed E-state index contributed by atoms with van der Waals surface area (Å²) < 4.78 is 10.5. The molecule has 0 unspecified atom stereocenters. The van der Waals surface area contributed by atoms with E-state index in [2.05, 4.69) is 6.92 Å². The molecule has 0 N–H and O–H groups in total. The van der Waals surface area contributed by atoms with E-state index in [1.807, 2.05) is 12.1 Å². The van der Waals surface area contributed by atoms with E-state index in [4.69, 9.17) is 9.47 Å². The Labute approximate surface area is 156 Å². The number of rotatable bonds is 5. The molecule has 2 aromatic rings. The van der Waals surface area contributed by atoms with Crippen LogP contribution in [0.5, 0.6) is 11.5 Å². The first kappa shape index (κ1) is 18.1. The Morgan fingerprint density at radius 2 is 1.77 bits per heavy atom. The van der Waals surface area contributed by atoms with Crippen molar-refractivity contribution in [1.82, 2.24) is 0 Å². The highest BCUT2D eigenvalue weighted by Gasteiger charge is 2.36. The first-order chi connectivity index (χ1) is 12.6. The van der Waals surface area contributed by atoms with Gasteiger partial charge in [-0.3, -0.25) is 9.59 Å². The van der Waals surface area contributed by atoms with Crippen molar-refractivity contribution in [2.75, 3.05) is 19.1 Å². The normalized spacial score (nSPS) is 15.7. The van der Waals surface area contributed by atoms with E-state index in [-0.39, 0.29) is 11.1 Å². The van der Waals surface area contributed by atoms with Crippen LogP contribution in [0.15, 0.2) is 47.4 Å². The predicted molar refractivity (Wildman–Crippen MR) is 104 cm³/mol. The molecule has 6 heteroatoms. The number of anilines is 1. The summed E-state index contributed by atoms with van der Waals surface area (Å²) in [5, 5.41) is -0.307. The van der Waals surface area contributed by atoms with Gasteiger partial charge in [-0.2, -0.15) is 0 Å². The van der Waals surface area contributed by atoms with Gasteiger partial charge >= 0.3 is 0 Å². The molecule has 0 atom stereocenters. The van der Waals surface area contributed by atoms with Gasteiger partial charge < -0.3 is 9.47 Å². The van der Waals surface area contributed by atoms with Gasteiger partial charge in [-0.1, -0.05) is 19.1 Å². The van der Waals surface area contributed by atoms with Gasteiger partial charge in [0.15, 0.2) is 0 Å². The second-order valence-electron chi connectivity index (χ2n) is 5.65. The van der Waals surface area contributed by atoms with Crippen molar-refractivity contribution >= 4 is 34.7 Å². The lowest BCUT2D eigenvalue weighted by molar-refractivity contribution is -0.113. The SMILES string of the molecule is CCc1ccc(N2C(=O)S/C(=C\c3ccc(OC)cc3OC)C2=O)cc1. The Bertz CT molecular complexity index is 874. The molecule has 0 radical (unpaired) electrons. The van der Waals surface area contributed by atoms with Crippen molar-refractivity contribution in [2.24, 2.45) is 0 Å². The Balaban J connectivity index is 1.92. The van der Waals surface area contributed by atoms with Crippen LogP contribution in [0.25, 0.3) is 6.08 Å². The molecule has 1 aliphatic rings. The smallest absolute Gasteiger partial charge is 0.298 e. The number of methoxy groups -OCH3 is 2. The maximum atomic E-state index is 12.7. The molecule has 2 aromatic carbocycles. The zero-order valence-electron chi connectivity index (χ0n) is 14.8. The van der Waals surface area contributed by atoms with Crippen LogP contribution in [0.3, 0.4) is 0 Å². The van der Waals surface area contributed by atoms with Crippen LogP contribution in [-0.2, 0) is 11.2 Å². The van der Waals surface area contributed by atoms with E-state index >= 15 is 0 Å². The zero-order valence-corrected chi connectivity index (χ0v) is 15.6. The van der Waals surface area contributed by atoms with Crippen molar-refractivity contribution < 1.29 is 19.1 Å². The Kier molecular flexibility index (Phi) is 5.32. The number of hydrogen-bond donors (Lipinski definition) is 0. The van der Waals surface area contributed by atoms with Crippen LogP contribution in [0.2, 0.25) is 0 Å². The van der Waals surface area contributed by atoms with E-state index in [0.717, 1.165) is 23.7 Å². The number of benzene rings is 2. The molecule has 1 fully saturated rings. The van der Waals surface area contributed by atoms with Crippen molar-refractivity contribution in [2.45, 2.75) is 13.3 Å². The molecular formula is C20H19NO4S. The molecule has 0 spiro atoms. The number of imide groups is 1. The minimum Gasteiger partial charge on any atom is -0.497 e. The van der Waals surface area contributed by atoms with Gasteiger partial charge in [0.25, 0.3) is 11.1 Å². The van der Waals surface area contributed by atoms with Crippen molar-refractivity contribution in [1.29, 1.82) is 0 Å². The lowest BCUT2D eigenvalue weighted by atomic mass is 10.1. The molecule has 1 aliphatic heterocycles. The summed E-state index contributed by atoms with van der Waals surface area (Å²) in [5.74, 6) is 0.897. The summed E-state index contributed by atoms with van der Waals surface area (Å²) in [7, 11) is 3.12. The highest BCUT2D eigenvalue weighted by Crippen LogP contribution is 2.37. The fourth-order valence-electron chi connectivity index (χ4n) is 2.65. The number of nitrogens with zero attached hydrogens (tertiary/aromatic N) is 1. The third kappa shape index (κ3) is 3.46. The van der Waals surface area contributed by atoms with Gasteiger partial charge in [0, 0.05) is 11.6 Å². The maximum Gasteiger partial charge on any atom is 0.298 e. The first-order valence-corrected chi connectivity index (χ1v) is 8.98. The van der Waals surface area contributed by atoms with Crippen LogP contribution >= 0.6 is 11.8 Å². The standard InChI is InChI=1S/C20H19NO4S/c1-4-13-5-8-15(9-6-13)21-19(22)18(26-20(21)23)11-14-7-10-16(24-2)12-17(14)25-3/h5-12H,4H2,1-3H3/b18-11-. The van der Waals surface area contributed by atoms with Crippen LogP contribution in [0, 0.1) is 0 Å². The largest absolute Gasteiger partial charge is 0.497 e. The number of hydrogen-bond acceptors (Lipinski definition) is 5. The number of carbonyl (C=O) groups is 2. The molecular weight excluding hydrogens is 350 g/mol. The quantitative estimate of drug-likeness (QED) is 0.726.